The van der Waals surface area contributed by atoms with Gasteiger partial charge in [0.1, 0.15) is 0 Å². The van der Waals surface area contributed by atoms with Crippen molar-refractivity contribution >= 4 is 0 Å². The predicted octanol–water partition coefficient (Wildman–Crippen LogP) is 0.542. The standard InChI is InChI=1S/C11H23NO3/c1-14-9-11(4-6-13)12-10-3-2-7-15-8-5-10/h10-13H,2-9H2,1H3. The molecule has 0 bridgehead atoms. The van der Waals surface area contributed by atoms with Crippen molar-refractivity contribution in [1.29, 1.82) is 0 Å². The molecule has 0 aromatic rings. The number of hydrogen-bond acceptors (Lipinski definition) is 4. The van der Waals surface area contributed by atoms with Gasteiger partial charge in [-0.2, -0.15) is 0 Å². The van der Waals surface area contributed by atoms with Crippen molar-refractivity contribution in [1.82, 2.24) is 5.32 Å². The minimum absolute atomic E-state index is 0.213. The molecule has 1 rings (SSSR count). The van der Waals surface area contributed by atoms with Gasteiger partial charge in [0.15, 0.2) is 0 Å². The fraction of sp³-hybridized carbons (Fsp3) is 1.00. The smallest absolute Gasteiger partial charge is 0.0616 e. The van der Waals surface area contributed by atoms with E-state index in [1.165, 1.54) is 0 Å². The van der Waals surface area contributed by atoms with Gasteiger partial charge >= 0.3 is 0 Å². The SMILES string of the molecule is COCC(CCO)NC1CCCOCC1. The van der Waals surface area contributed by atoms with Crippen LogP contribution < -0.4 is 5.32 Å². The zero-order valence-corrected chi connectivity index (χ0v) is 9.58. The molecule has 0 saturated carbocycles. The van der Waals surface area contributed by atoms with E-state index in [9.17, 15) is 0 Å². The highest BCUT2D eigenvalue weighted by molar-refractivity contribution is 4.75. The van der Waals surface area contributed by atoms with Crippen LogP contribution in [0, 0.1) is 0 Å². The van der Waals surface area contributed by atoms with Crippen molar-refractivity contribution in [3.05, 3.63) is 0 Å². The maximum atomic E-state index is 8.93. The fourth-order valence-electron chi connectivity index (χ4n) is 1.98. The molecule has 2 atom stereocenters. The second kappa shape index (κ2) is 8.05. The van der Waals surface area contributed by atoms with Crippen LogP contribution in [0.25, 0.3) is 0 Å². The Morgan fingerprint density at radius 3 is 3.07 bits per heavy atom. The Morgan fingerprint density at radius 1 is 1.47 bits per heavy atom. The summed E-state index contributed by atoms with van der Waals surface area (Å²) in [6, 6.07) is 0.780. The highest BCUT2D eigenvalue weighted by atomic mass is 16.5. The molecule has 4 nitrogen and oxygen atoms in total. The number of nitrogens with one attached hydrogen (secondary N) is 1. The number of hydrogen-bond donors (Lipinski definition) is 2. The lowest BCUT2D eigenvalue weighted by atomic mass is 10.1. The van der Waals surface area contributed by atoms with Gasteiger partial charge in [0.25, 0.3) is 0 Å². The van der Waals surface area contributed by atoms with Crippen molar-refractivity contribution in [2.24, 2.45) is 0 Å². The molecular formula is C11H23NO3. The average molecular weight is 217 g/mol. The largest absolute Gasteiger partial charge is 0.396 e. The molecule has 0 aromatic heterocycles. The molecule has 15 heavy (non-hydrogen) atoms. The van der Waals surface area contributed by atoms with E-state index in [0.717, 1.165) is 38.9 Å². The van der Waals surface area contributed by atoms with Gasteiger partial charge in [0.05, 0.1) is 6.61 Å². The zero-order chi connectivity index (χ0) is 10.9. The van der Waals surface area contributed by atoms with Gasteiger partial charge < -0.3 is 19.9 Å². The van der Waals surface area contributed by atoms with E-state index < -0.39 is 0 Å². The van der Waals surface area contributed by atoms with Crippen molar-refractivity contribution in [3.63, 3.8) is 0 Å². The number of ether oxygens (including phenoxy) is 2. The lowest BCUT2D eigenvalue weighted by Gasteiger charge is -2.23. The molecule has 0 aromatic carbocycles. The number of aliphatic hydroxyl groups excluding tert-OH is 1. The number of rotatable bonds is 6. The Kier molecular flexibility index (Phi) is 6.92. The molecule has 1 saturated heterocycles. The van der Waals surface area contributed by atoms with Crippen LogP contribution in [0.4, 0.5) is 0 Å². The summed E-state index contributed by atoms with van der Waals surface area (Å²) in [6.07, 6.45) is 4.10. The Hall–Kier alpha value is -0.160. The second-order valence-corrected chi connectivity index (χ2v) is 4.07. The van der Waals surface area contributed by atoms with Crippen molar-refractivity contribution in [2.75, 3.05) is 33.5 Å². The van der Waals surface area contributed by atoms with Crippen LogP contribution in [0.1, 0.15) is 25.7 Å². The van der Waals surface area contributed by atoms with Gasteiger partial charge in [0.2, 0.25) is 0 Å². The summed E-state index contributed by atoms with van der Waals surface area (Å²) in [7, 11) is 1.70. The van der Waals surface area contributed by atoms with Gasteiger partial charge in [-0.1, -0.05) is 0 Å². The zero-order valence-electron chi connectivity index (χ0n) is 9.58. The molecule has 90 valence electrons. The summed E-state index contributed by atoms with van der Waals surface area (Å²) in [5, 5.41) is 12.5. The third-order valence-electron chi connectivity index (χ3n) is 2.77. The molecule has 1 fully saturated rings. The Morgan fingerprint density at radius 2 is 2.33 bits per heavy atom. The minimum Gasteiger partial charge on any atom is -0.396 e. The van der Waals surface area contributed by atoms with E-state index in [0.29, 0.717) is 12.6 Å². The van der Waals surface area contributed by atoms with E-state index in [4.69, 9.17) is 14.6 Å². The highest BCUT2D eigenvalue weighted by Crippen LogP contribution is 2.09. The summed E-state index contributed by atoms with van der Waals surface area (Å²) in [6.45, 7) is 2.60. The van der Waals surface area contributed by atoms with Gasteiger partial charge in [-0.3, -0.25) is 0 Å². The first-order chi connectivity index (χ1) is 7.36. The lowest BCUT2D eigenvalue weighted by molar-refractivity contribution is 0.132. The number of aliphatic hydroxyl groups is 1. The Labute approximate surface area is 92.0 Å². The first-order valence-corrected chi connectivity index (χ1v) is 5.80. The maximum absolute atomic E-state index is 8.93. The predicted molar refractivity (Wildman–Crippen MR) is 59.0 cm³/mol. The molecule has 1 aliphatic heterocycles. The normalized spacial score (nSPS) is 24.8. The van der Waals surface area contributed by atoms with E-state index in [1.54, 1.807) is 7.11 Å². The molecule has 0 amide bonds. The molecule has 0 aliphatic carbocycles. The molecular weight excluding hydrogens is 194 g/mol. The van der Waals surface area contributed by atoms with Crippen molar-refractivity contribution in [2.45, 2.75) is 37.8 Å². The molecule has 1 heterocycles. The average Bonchev–Trinajstić information content (AvgIpc) is 2.47. The first-order valence-electron chi connectivity index (χ1n) is 5.80. The van der Waals surface area contributed by atoms with Crippen LogP contribution in [-0.4, -0.2) is 50.7 Å². The maximum Gasteiger partial charge on any atom is 0.0616 e. The molecule has 1 aliphatic rings. The first kappa shape index (κ1) is 12.9. The van der Waals surface area contributed by atoms with Crippen LogP contribution in [0.2, 0.25) is 0 Å². The van der Waals surface area contributed by atoms with Crippen molar-refractivity contribution in [3.8, 4) is 0 Å². The molecule has 0 spiro atoms. The lowest BCUT2D eigenvalue weighted by Crippen LogP contribution is -2.41. The second-order valence-electron chi connectivity index (χ2n) is 4.07. The highest BCUT2D eigenvalue weighted by Gasteiger charge is 2.16. The van der Waals surface area contributed by atoms with E-state index in [-0.39, 0.29) is 12.6 Å². The third kappa shape index (κ3) is 5.47. The van der Waals surface area contributed by atoms with Crippen molar-refractivity contribution < 1.29 is 14.6 Å². The summed E-state index contributed by atoms with van der Waals surface area (Å²) in [5.41, 5.74) is 0. The molecule has 0 radical (unpaired) electrons. The summed E-state index contributed by atoms with van der Waals surface area (Å²) < 4.78 is 10.5. The fourth-order valence-corrected chi connectivity index (χ4v) is 1.98. The summed E-state index contributed by atoms with van der Waals surface area (Å²) in [5.74, 6) is 0. The summed E-state index contributed by atoms with van der Waals surface area (Å²) >= 11 is 0. The van der Waals surface area contributed by atoms with Gasteiger partial charge in [-0.25, -0.2) is 0 Å². The molecule has 2 unspecified atom stereocenters. The quantitative estimate of drug-likeness (QED) is 0.682. The van der Waals surface area contributed by atoms with Crippen LogP contribution in [0.5, 0.6) is 0 Å². The number of methoxy groups -OCH3 is 1. The minimum atomic E-state index is 0.213. The van der Waals surface area contributed by atoms with Gasteiger partial charge in [-0.05, 0) is 25.7 Å². The summed E-state index contributed by atoms with van der Waals surface area (Å²) in [4.78, 5) is 0. The monoisotopic (exact) mass is 217 g/mol. The van der Waals surface area contributed by atoms with Gasteiger partial charge in [0, 0.05) is 39.0 Å². The van der Waals surface area contributed by atoms with Crippen LogP contribution in [0.15, 0.2) is 0 Å². The van der Waals surface area contributed by atoms with Crippen LogP contribution >= 0.6 is 0 Å². The van der Waals surface area contributed by atoms with E-state index in [2.05, 4.69) is 5.32 Å². The Bertz CT molecular complexity index is 141. The topological polar surface area (TPSA) is 50.7 Å². The molecule has 2 N–H and O–H groups in total. The Balaban J connectivity index is 2.27. The third-order valence-corrected chi connectivity index (χ3v) is 2.77. The molecule has 4 heteroatoms. The van der Waals surface area contributed by atoms with Crippen LogP contribution in [-0.2, 0) is 9.47 Å². The van der Waals surface area contributed by atoms with E-state index >= 15 is 0 Å². The van der Waals surface area contributed by atoms with Crippen LogP contribution in [0.3, 0.4) is 0 Å². The van der Waals surface area contributed by atoms with E-state index in [1.807, 2.05) is 0 Å². The van der Waals surface area contributed by atoms with Gasteiger partial charge in [-0.15, -0.1) is 0 Å².